The molecular formula is C19H30ClFIN3O2. The van der Waals surface area contributed by atoms with Gasteiger partial charge < -0.3 is 19.7 Å². The van der Waals surface area contributed by atoms with E-state index in [1.165, 1.54) is 6.07 Å². The fourth-order valence-electron chi connectivity index (χ4n) is 3.09. The summed E-state index contributed by atoms with van der Waals surface area (Å²) in [5, 5.41) is 3.78. The first-order valence-electron chi connectivity index (χ1n) is 9.14. The molecule has 154 valence electrons. The molecule has 1 aliphatic heterocycles. The molecule has 0 saturated carbocycles. The number of ether oxygens (including phenoxy) is 2. The number of nitrogens with zero attached hydrogens (tertiary/aromatic N) is 2. The van der Waals surface area contributed by atoms with Crippen molar-refractivity contribution in [2.24, 2.45) is 4.99 Å². The number of nitrogens with one attached hydrogen (secondary N) is 1. The number of methoxy groups -OCH3 is 1. The lowest BCUT2D eigenvalue weighted by atomic mass is 10.1. The highest BCUT2D eigenvalue weighted by Gasteiger charge is 2.21. The maximum Gasteiger partial charge on any atom is 0.193 e. The first-order valence-corrected chi connectivity index (χ1v) is 9.52. The predicted molar refractivity (Wildman–Crippen MR) is 119 cm³/mol. The van der Waals surface area contributed by atoms with Crippen LogP contribution in [0.25, 0.3) is 0 Å². The zero-order chi connectivity index (χ0) is 18.8. The molecule has 8 heteroatoms. The van der Waals surface area contributed by atoms with Crippen molar-refractivity contribution in [1.29, 1.82) is 0 Å². The highest BCUT2D eigenvalue weighted by molar-refractivity contribution is 14.0. The van der Waals surface area contributed by atoms with E-state index >= 15 is 0 Å². The van der Waals surface area contributed by atoms with Crippen LogP contribution < -0.4 is 5.32 Å². The molecule has 0 radical (unpaired) electrons. The van der Waals surface area contributed by atoms with Crippen molar-refractivity contribution in [2.75, 3.05) is 47.0 Å². The summed E-state index contributed by atoms with van der Waals surface area (Å²) in [4.78, 5) is 6.57. The van der Waals surface area contributed by atoms with Crippen LogP contribution in [0.3, 0.4) is 0 Å². The number of aliphatic imine (C=N–C) groups is 1. The fourth-order valence-corrected chi connectivity index (χ4v) is 3.35. The Morgan fingerprint density at radius 2 is 2.07 bits per heavy atom. The summed E-state index contributed by atoms with van der Waals surface area (Å²) in [5.74, 6) is 0.580. The Hall–Kier alpha value is -0.640. The van der Waals surface area contributed by atoms with E-state index < -0.39 is 0 Å². The first-order chi connectivity index (χ1) is 12.7. The number of hydrogen-bond acceptors (Lipinski definition) is 3. The van der Waals surface area contributed by atoms with Gasteiger partial charge in [-0.15, -0.1) is 24.0 Å². The Labute approximate surface area is 183 Å². The average Bonchev–Trinajstić information content (AvgIpc) is 2.65. The molecule has 1 heterocycles. The van der Waals surface area contributed by atoms with Crippen molar-refractivity contribution in [3.63, 3.8) is 0 Å². The monoisotopic (exact) mass is 513 g/mol. The largest absolute Gasteiger partial charge is 0.385 e. The molecule has 1 fully saturated rings. The van der Waals surface area contributed by atoms with E-state index in [4.69, 9.17) is 21.1 Å². The van der Waals surface area contributed by atoms with E-state index in [-0.39, 0.29) is 29.8 Å². The molecule has 27 heavy (non-hydrogen) atoms. The Morgan fingerprint density at radius 3 is 2.70 bits per heavy atom. The van der Waals surface area contributed by atoms with Crippen LogP contribution in [0.5, 0.6) is 0 Å². The van der Waals surface area contributed by atoms with Crippen molar-refractivity contribution in [3.05, 3.63) is 34.6 Å². The SMILES string of the molecule is CN=C(NCCc1c(F)cccc1Cl)N1CCC(OCCCOC)CC1.I. The topological polar surface area (TPSA) is 46.1 Å². The molecule has 1 N–H and O–H groups in total. The van der Waals surface area contributed by atoms with Crippen LogP contribution in [0.15, 0.2) is 23.2 Å². The van der Waals surface area contributed by atoms with Crippen LogP contribution in [0.4, 0.5) is 4.39 Å². The van der Waals surface area contributed by atoms with Gasteiger partial charge >= 0.3 is 0 Å². The lowest BCUT2D eigenvalue weighted by Crippen LogP contribution is -2.47. The van der Waals surface area contributed by atoms with Crippen molar-refractivity contribution in [2.45, 2.75) is 31.8 Å². The van der Waals surface area contributed by atoms with Gasteiger partial charge in [0.1, 0.15) is 5.82 Å². The lowest BCUT2D eigenvalue weighted by Gasteiger charge is -2.34. The smallest absolute Gasteiger partial charge is 0.193 e. The van der Waals surface area contributed by atoms with Crippen molar-refractivity contribution >= 4 is 41.5 Å². The minimum atomic E-state index is -0.263. The van der Waals surface area contributed by atoms with Gasteiger partial charge in [0, 0.05) is 57.6 Å². The lowest BCUT2D eigenvalue weighted by molar-refractivity contribution is 0.00991. The zero-order valence-electron chi connectivity index (χ0n) is 16.0. The molecule has 0 unspecified atom stereocenters. The van der Waals surface area contributed by atoms with Gasteiger partial charge in [-0.05, 0) is 37.8 Å². The summed E-state index contributed by atoms with van der Waals surface area (Å²) in [6.45, 7) is 3.86. The number of rotatable bonds is 8. The molecular weight excluding hydrogens is 484 g/mol. The van der Waals surface area contributed by atoms with Gasteiger partial charge in [0.05, 0.1) is 6.10 Å². The second kappa shape index (κ2) is 13.5. The number of halogens is 3. The average molecular weight is 514 g/mol. The maximum absolute atomic E-state index is 13.8. The van der Waals surface area contributed by atoms with Gasteiger partial charge in [-0.1, -0.05) is 17.7 Å². The van der Waals surface area contributed by atoms with E-state index in [2.05, 4.69) is 15.2 Å². The van der Waals surface area contributed by atoms with Crippen LogP contribution in [0.1, 0.15) is 24.8 Å². The molecule has 0 spiro atoms. The van der Waals surface area contributed by atoms with E-state index in [0.717, 1.165) is 51.5 Å². The van der Waals surface area contributed by atoms with Crippen molar-refractivity contribution in [3.8, 4) is 0 Å². The molecule has 2 rings (SSSR count). The third kappa shape index (κ3) is 8.09. The van der Waals surface area contributed by atoms with Gasteiger partial charge in [0.15, 0.2) is 5.96 Å². The summed E-state index contributed by atoms with van der Waals surface area (Å²) in [5.41, 5.74) is 0.542. The minimum Gasteiger partial charge on any atom is -0.385 e. The molecule has 1 aromatic rings. The highest BCUT2D eigenvalue weighted by Crippen LogP contribution is 2.19. The van der Waals surface area contributed by atoms with Crippen molar-refractivity contribution in [1.82, 2.24) is 10.2 Å². The molecule has 1 saturated heterocycles. The van der Waals surface area contributed by atoms with Gasteiger partial charge in [-0.25, -0.2) is 4.39 Å². The Bertz CT molecular complexity index is 564. The normalized spacial score (nSPS) is 15.6. The summed E-state index contributed by atoms with van der Waals surface area (Å²) in [7, 11) is 3.48. The van der Waals surface area contributed by atoms with E-state index in [9.17, 15) is 4.39 Å². The molecule has 0 aromatic heterocycles. The minimum absolute atomic E-state index is 0. The predicted octanol–water partition coefficient (Wildman–Crippen LogP) is 3.73. The fraction of sp³-hybridized carbons (Fsp3) is 0.632. The molecule has 0 atom stereocenters. The summed E-state index contributed by atoms with van der Waals surface area (Å²) >= 11 is 6.07. The van der Waals surface area contributed by atoms with Crippen LogP contribution in [-0.2, 0) is 15.9 Å². The number of likely N-dealkylation sites (tertiary alicyclic amines) is 1. The Morgan fingerprint density at radius 1 is 1.33 bits per heavy atom. The van der Waals surface area contributed by atoms with Crippen LogP contribution in [-0.4, -0.2) is 64.0 Å². The molecule has 0 aliphatic carbocycles. The highest BCUT2D eigenvalue weighted by atomic mass is 127. The molecule has 1 aliphatic rings. The number of benzene rings is 1. The van der Waals surface area contributed by atoms with Crippen LogP contribution in [0, 0.1) is 5.82 Å². The molecule has 5 nitrogen and oxygen atoms in total. The summed E-state index contributed by atoms with van der Waals surface area (Å²) < 4.78 is 24.8. The van der Waals surface area contributed by atoms with Gasteiger partial charge in [-0.3, -0.25) is 4.99 Å². The number of guanidine groups is 1. The second-order valence-electron chi connectivity index (χ2n) is 6.33. The Balaban J connectivity index is 0.00000364. The molecule has 0 bridgehead atoms. The zero-order valence-corrected chi connectivity index (χ0v) is 19.1. The molecule has 0 amide bonds. The summed E-state index contributed by atoms with van der Waals surface area (Å²) in [6, 6.07) is 4.77. The van der Waals surface area contributed by atoms with E-state index in [1.54, 1.807) is 26.3 Å². The standard InChI is InChI=1S/C19H29ClFN3O2.HI/c1-22-19(23-10-7-16-17(20)5-3-6-18(16)21)24-11-8-15(9-12-24)26-14-4-13-25-2;/h3,5-6,15H,4,7-14H2,1-2H3,(H,22,23);1H. The van der Waals surface area contributed by atoms with E-state index in [1.807, 2.05) is 0 Å². The Kier molecular flexibility index (Phi) is 12.2. The van der Waals surface area contributed by atoms with Crippen LogP contribution in [0.2, 0.25) is 5.02 Å². The summed E-state index contributed by atoms with van der Waals surface area (Å²) in [6.07, 6.45) is 3.71. The first kappa shape index (κ1) is 24.4. The quantitative estimate of drug-likeness (QED) is 0.249. The van der Waals surface area contributed by atoms with Gasteiger partial charge in [-0.2, -0.15) is 0 Å². The third-order valence-electron chi connectivity index (χ3n) is 4.52. The third-order valence-corrected chi connectivity index (χ3v) is 4.87. The number of piperidine rings is 1. The maximum atomic E-state index is 13.8. The van der Waals surface area contributed by atoms with Gasteiger partial charge in [0.25, 0.3) is 0 Å². The van der Waals surface area contributed by atoms with Gasteiger partial charge in [0.2, 0.25) is 0 Å². The second-order valence-corrected chi connectivity index (χ2v) is 6.73. The van der Waals surface area contributed by atoms with E-state index in [0.29, 0.717) is 29.7 Å². The number of hydrogen-bond donors (Lipinski definition) is 1. The van der Waals surface area contributed by atoms with Crippen LogP contribution >= 0.6 is 35.6 Å². The molecule has 1 aromatic carbocycles. The van der Waals surface area contributed by atoms with Crippen molar-refractivity contribution < 1.29 is 13.9 Å².